The zero-order chi connectivity index (χ0) is 12.3. The summed E-state index contributed by atoms with van der Waals surface area (Å²) in [5.74, 6) is 0. The van der Waals surface area contributed by atoms with Crippen LogP contribution in [0.2, 0.25) is 19.6 Å². The molecule has 0 amide bonds. The highest BCUT2D eigenvalue weighted by Gasteiger charge is 2.23. The lowest BCUT2D eigenvalue weighted by atomic mass is 10.1. The molecule has 0 heterocycles. The highest BCUT2D eigenvalue weighted by Crippen LogP contribution is 2.30. The van der Waals surface area contributed by atoms with Gasteiger partial charge in [0.2, 0.25) is 0 Å². The minimum Gasteiger partial charge on any atom is -0.399 e. The molecule has 0 saturated heterocycles. The largest absolute Gasteiger partial charge is 0.399 e. The Morgan fingerprint density at radius 2 is 2.00 bits per heavy atom. The zero-order valence-corrected chi connectivity index (χ0v) is 12.6. The Morgan fingerprint density at radius 1 is 1.38 bits per heavy atom. The Morgan fingerprint density at radius 3 is 2.50 bits per heavy atom. The second-order valence-corrected chi connectivity index (χ2v) is 9.97. The number of hydrogen-bond acceptors (Lipinski definition) is 2. The number of hydrogen-bond donors (Lipinski definition) is 0. The average Bonchev–Trinajstić information content (AvgIpc) is 2.18. The Hall–Kier alpha value is -0.633. The zero-order valence-electron chi connectivity index (χ0n) is 10.0. The quantitative estimate of drug-likeness (QED) is 0.784. The molecule has 0 aliphatic rings. The third-order valence-corrected chi connectivity index (χ3v) is 4.12. The van der Waals surface area contributed by atoms with Crippen molar-refractivity contribution >= 4 is 24.2 Å². The van der Waals surface area contributed by atoms with Gasteiger partial charge in [-0.3, -0.25) is 0 Å². The summed E-state index contributed by atoms with van der Waals surface area (Å²) in [4.78, 5) is 0. The van der Waals surface area contributed by atoms with Gasteiger partial charge in [-0.15, -0.1) is 0 Å². The van der Waals surface area contributed by atoms with E-state index in [9.17, 15) is 5.26 Å². The first kappa shape index (κ1) is 13.4. The molecule has 86 valence electrons. The molecule has 0 radical (unpaired) electrons. The molecule has 0 bridgehead atoms. The lowest BCUT2D eigenvalue weighted by Crippen LogP contribution is -2.27. The minimum absolute atomic E-state index is 0.471. The first-order valence-electron chi connectivity index (χ1n) is 5.17. The molecule has 1 rings (SSSR count). The second kappa shape index (κ2) is 5.13. The van der Waals surface area contributed by atoms with Crippen LogP contribution in [0.15, 0.2) is 22.7 Å². The van der Waals surface area contributed by atoms with E-state index in [2.05, 4.69) is 41.6 Å². The number of aryl methyl sites for hydroxylation is 1. The van der Waals surface area contributed by atoms with Gasteiger partial charge in [0.25, 0.3) is 0 Å². The van der Waals surface area contributed by atoms with Crippen LogP contribution in [0.5, 0.6) is 0 Å². The van der Waals surface area contributed by atoms with Crippen LogP contribution >= 0.6 is 15.9 Å². The third kappa shape index (κ3) is 3.44. The molecule has 0 aliphatic heterocycles. The molecule has 0 saturated carbocycles. The Kier molecular flexibility index (Phi) is 4.31. The third-order valence-electron chi connectivity index (χ3n) is 2.09. The molecular weight excluding hydrogens is 282 g/mol. The molecule has 1 unspecified atom stereocenters. The molecule has 0 aliphatic carbocycles. The highest BCUT2D eigenvalue weighted by atomic mass is 79.9. The summed E-state index contributed by atoms with van der Waals surface area (Å²) in [6.07, 6.45) is -0.471. The van der Waals surface area contributed by atoms with Crippen molar-refractivity contribution in [3.63, 3.8) is 0 Å². The number of nitriles is 1. The summed E-state index contributed by atoms with van der Waals surface area (Å²) in [6, 6.07) is 8.12. The first-order valence-corrected chi connectivity index (χ1v) is 9.38. The molecule has 1 aromatic rings. The molecule has 1 aromatic carbocycles. The van der Waals surface area contributed by atoms with Crippen molar-refractivity contribution < 1.29 is 4.43 Å². The van der Waals surface area contributed by atoms with Gasteiger partial charge in [0.05, 0.1) is 6.07 Å². The van der Waals surface area contributed by atoms with Gasteiger partial charge in [-0.2, -0.15) is 5.26 Å². The SMILES string of the molecule is Cc1cccc(C(C#N)O[Si](C)(C)C)c1Br. The second-order valence-electron chi connectivity index (χ2n) is 4.72. The summed E-state index contributed by atoms with van der Waals surface area (Å²) in [6.45, 7) is 8.26. The van der Waals surface area contributed by atoms with Crippen LogP contribution in [0.4, 0.5) is 0 Å². The Bertz CT molecular complexity index is 420. The van der Waals surface area contributed by atoms with Crippen molar-refractivity contribution in [3.05, 3.63) is 33.8 Å². The first-order chi connectivity index (χ1) is 7.35. The van der Waals surface area contributed by atoms with Crippen molar-refractivity contribution in [2.45, 2.75) is 32.7 Å². The van der Waals surface area contributed by atoms with Crippen molar-refractivity contribution in [1.29, 1.82) is 5.26 Å². The van der Waals surface area contributed by atoms with E-state index in [0.717, 1.165) is 15.6 Å². The van der Waals surface area contributed by atoms with Gasteiger partial charge < -0.3 is 4.43 Å². The maximum absolute atomic E-state index is 9.18. The van der Waals surface area contributed by atoms with Crippen LogP contribution in [-0.4, -0.2) is 8.32 Å². The standard InChI is InChI=1S/C12H16BrNOSi/c1-9-6-5-7-10(12(9)13)11(8-14)15-16(2,3)4/h5-7,11H,1-4H3. The van der Waals surface area contributed by atoms with Crippen molar-refractivity contribution in [2.24, 2.45) is 0 Å². The topological polar surface area (TPSA) is 33.0 Å². The van der Waals surface area contributed by atoms with Crippen LogP contribution in [0.1, 0.15) is 17.2 Å². The predicted octanol–water partition coefficient (Wildman–Crippen LogP) is 4.17. The van der Waals surface area contributed by atoms with Crippen LogP contribution < -0.4 is 0 Å². The van der Waals surface area contributed by atoms with E-state index in [4.69, 9.17) is 4.43 Å². The molecular formula is C12H16BrNOSi. The predicted molar refractivity (Wildman–Crippen MR) is 71.7 cm³/mol. The van der Waals surface area contributed by atoms with E-state index in [1.54, 1.807) is 0 Å². The lowest BCUT2D eigenvalue weighted by Gasteiger charge is -2.23. The Balaban J connectivity index is 3.06. The number of rotatable bonds is 3. The van der Waals surface area contributed by atoms with Gasteiger partial charge in [0.1, 0.15) is 0 Å². The number of nitrogens with zero attached hydrogens (tertiary/aromatic N) is 1. The fraction of sp³-hybridized carbons (Fsp3) is 0.417. The molecule has 1 atom stereocenters. The fourth-order valence-corrected chi connectivity index (χ4v) is 2.74. The average molecular weight is 298 g/mol. The maximum atomic E-state index is 9.18. The molecule has 2 nitrogen and oxygen atoms in total. The maximum Gasteiger partial charge on any atom is 0.186 e. The van der Waals surface area contributed by atoms with E-state index in [-0.39, 0.29) is 0 Å². The van der Waals surface area contributed by atoms with Gasteiger partial charge in [-0.25, -0.2) is 0 Å². The summed E-state index contributed by atoms with van der Waals surface area (Å²) < 4.78 is 6.83. The number of benzene rings is 1. The molecule has 0 aromatic heterocycles. The van der Waals surface area contributed by atoms with E-state index < -0.39 is 14.4 Å². The Labute approximate surface area is 106 Å². The van der Waals surface area contributed by atoms with Gasteiger partial charge in [0.15, 0.2) is 14.4 Å². The lowest BCUT2D eigenvalue weighted by molar-refractivity contribution is 0.254. The van der Waals surface area contributed by atoms with E-state index in [1.807, 2.05) is 25.1 Å². The number of halogens is 1. The van der Waals surface area contributed by atoms with Gasteiger partial charge in [0, 0.05) is 10.0 Å². The van der Waals surface area contributed by atoms with Crippen LogP contribution in [-0.2, 0) is 4.43 Å². The van der Waals surface area contributed by atoms with Crippen LogP contribution in [0, 0.1) is 18.3 Å². The molecule has 4 heteroatoms. The molecule has 0 N–H and O–H groups in total. The van der Waals surface area contributed by atoms with Crippen molar-refractivity contribution in [2.75, 3.05) is 0 Å². The van der Waals surface area contributed by atoms with Crippen molar-refractivity contribution in [3.8, 4) is 6.07 Å². The van der Waals surface area contributed by atoms with Gasteiger partial charge in [-0.1, -0.05) is 34.1 Å². The van der Waals surface area contributed by atoms with E-state index in [1.165, 1.54) is 0 Å². The normalized spacial score (nSPS) is 13.2. The van der Waals surface area contributed by atoms with E-state index >= 15 is 0 Å². The van der Waals surface area contributed by atoms with Crippen LogP contribution in [0.25, 0.3) is 0 Å². The fourth-order valence-electron chi connectivity index (χ4n) is 1.39. The summed E-state index contributed by atoms with van der Waals surface area (Å²) in [7, 11) is -1.71. The summed E-state index contributed by atoms with van der Waals surface area (Å²) >= 11 is 3.51. The molecule has 16 heavy (non-hydrogen) atoms. The summed E-state index contributed by atoms with van der Waals surface area (Å²) in [5.41, 5.74) is 2.04. The monoisotopic (exact) mass is 297 g/mol. The summed E-state index contributed by atoms with van der Waals surface area (Å²) in [5, 5.41) is 9.18. The molecule has 0 spiro atoms. The molecule has 0 fully saturated rings. The smallest absolute Gasteiger partial charge is 0.186 e. The van der Waals surface area contributed by atoms with Gasteiger partial charge in [-0.05, 0) is 32.1 Å². The highest BCUT2D eigenvalue weighted by molar-refractivity contribution is 9.10. The minimum atomic E-state index is -1.71. The van der Waals surface area contributed by atoms with Crippen LogP contribution in [0.3, 0.4) is 0 Å². The van der Waals surface area contributed by atoms with Crippen molar-refractivity contribution in [1.82, 2.24) is 0 Å². The van der Waals surface area contributed by atoms with E-state index in [0.29, 0.717) is 0 Å². The van der Waals surface area contributed by atoms with Gasteiger partial charge >= 0.3 is 0 Å².